The van der Waals surface area contributed by atoms with Gasteiger partial charge < -0.3 is 30.3 Å². The predicted molar refractivity (Wildman–Crippen MR) is 155 cm³/mol. The molecule has 13 nitrogen and oxygen atoms in total. The molecule has 7 rings (SSSR count). The Morgan fingerprint density at radius 1 is 0.825 bits per heavy atom. The lowest BCUT2D eigenvalue weighted by Crippen LogP contribution is -2.37. The number of pyridine rings is 2. The molecule has 40 heavy (non-hydrogen) atoms. The van der Waals surface area contributed by atoms with Gasteiger partial charge in [-0.25, -0.2) is 19.0 Å². The number of nitrogens with zero attached hydrogens (tertiary/aromatic N) is 8. The molecular weight excluding hydrogens is 510 g/mol. The first kappa shape index (κ1) is 24.3. The summed E-state index contributed by atoms with van der Waals surface area (Å²) in [5, 5.41) is 21.7. The van der Waals surface area contributed by atoms with E-state index in [2.05, 4.69) is 15.1 Å². The Labute approximate surface area is 229 Å². The van der Waals surface area contributed by atoms with Gasteiger partial charge in [0.1, 0.15) is 11.4 Å². The minimum atomic E-state index is 0.160. The molecular formula is C27H29N11O2. The number of nitrogens with two attached hydrogens (primary N) is 1. The fraction of sp³-hybridized carbons (Fsp3) is 0.296. The minimum Gasteiger partial charge on any atom is -0.396 e. The van der Waals surface area contributed by atoms with Gasteiger partial charge in [-0.1, -0.05) is 12.1 Å². The first-order valence-corrected chi connectivity index (χ1v) is 13.3. The summed E-state index contributed by atoms with van der Waals surface area (Å²) in [4.78, 5) is 14.0. The molecule has 3 aliphatic heterocycles. The van der Waals surface area contributed by atoms with Crippen molar-refractivity contribution < 1.29 is 9.47 Å². The molecule has 0 amide bonds. The Morgan fingerprint density at radius 2 is 1.43 bits per heavy atom. The summed E-state index contributed by atoms with van der Waals surface area (Å²) in [6.45, 7) is 5.39. The summed E-state index contributed by atoms with van der Waals surface area (Å²) in [6.07, 6.45) is 5.38. The van der Waals surface area contributed by atoms with Crippen molar-refractivity contribution in [2.75, 3.05) is 67.7 Å². The molecule has 0 aromatic carbocycles. The topological polar surface area (TPSA) is 146 Å². The van der Waals surface area contributed by atoms with Gasteiger partial charge in [-0.15, -0.1) is 10.2 Å². The molecule has 4 aromatic heterocycles. The van der Waals surface area contributed by atoms with Crippen LogP contribution in [0.25, 0.3) is 11.0 Å². The lowest BCUT2D eigenvalue weighted by Gasteiger charge is -2.28. The zero-order chi connectivity index (χ0) is 27.1. The van der Waals surface area contributed by atoms with Crippen molar-refractivity contribution in [3.8, 4) is 0 Å². The van der Waals surface area contributed by atoms with Gasteiger partial charge in [0.15, 0.2) is 23.3 Å². The van der Waals surface area contributed by atoms with E-state index in [1.165, 1.54) is 0 Å². The highest BCUT2D eigenvalue weighted by Gasteiger charge is 2.26. The SMILES string of the molecule is N=C1C=C(N)C(=Nc2c(N3CCOCC3)nn3ccccc23)N=C1Nc1c(N2CCOCC2)nn2ccccc12. The van der Waals surface area contributed by atoms with Gasteiger partial charge in [0.2, 0.25) is 0 Å². The van der Waals surface area contributed by atoms with Crippen molar-refractivity contribution in [3.63, 3.8) is 0 Å². The molecule has 0 bridgehead atoms. The average molecular weight is 540 g/mol. The second-order valence-corrected chi connectivity index (χ2v) is 9.66. The summed E-state index contributed by atoms with van der Waals surface area (Å²) in [6, 6.07) is 11.7. The predicted octanol–water partition coefficient (Wildman–Crippen LogP) is 2.07. The number of rotatable bonds is 4. The van der Waals surface area contributed by atoms with E-state index in [1.807, 2.05) is 57.8 Å². The number of dihydropyridines is 1. The van der Waals surface area contributed by atoms with Crippen LogP contribution < -0.4 is 20.9 Å². The maximum atomic E-state index is 8.67. The summed E-state index contributed by atoms with van der Waals surface area (Å²) >= 11 is 0. The second-order valence-electron chi connectivity index (χ2n) is 9.66. The fourth-order valence-corrected chi connectivity index (χ4v) is 5.10. The second kappa shape index (κ2) is 10.1. The number of amidine groups is 2. The van der Waals surface area contributed by atoms with Crippen LogP contribution in [0.1, 0.15) is 0 Å². The number of fused-ring (bicyclic) bond motifs is 2. The zero-order valence-electron chi connectivity index (χ0n) is 21.8. The van der Waals surface area contributed by atoms with Crippen molar-refractivity contribution in [2.24, 2.45) is 15.7 Å². The Bertz CT molecular complexity index is 1690. The maximum absolute atomic E-state index is 8.67. The Morgan fingerprint density at radius 3 is 2.12 bits per heavy atom. The molecule has 4 N–H and O–H groups in total. The van der Waals surface area contributed by atoms with Crippen LogP contribution in [0.5, 0.6) is 0 Å². The number of aromatic nitrogens is 4. The van der Waals surface area contributed by atoms with Gasteiger partial charge in [0.25, 0.3) is 0 Å². The van der Waals surface area contributed by atoms with Crippen LogP contribution in [0.15, 0.2) is 70.5 Å². The third kappa shape index (κ3) is 4.34. The summed E-state index contributed by atoms with van der Waals surface area (Å²) in [5.41, 5.74) is 10.0. The Hall–Kier alpha value is -4.75. The largest absolute Gasteiger partial charge is 0.396 e. The van der Waals surface area contributed by atoms with Crippen LogP contribution in [-0.2, 0) is 9.47 Å². The average Bonchev–Trinajstić information content (AvgIpc) is 3.55. The van der Waals surface area contributed by atoms with Crippen molar-refractivity contribution in [1.29, 1.82) is 5.41 Å². The van der Waals surface area contributed by atoms with Crippen LogP contribution in [0, 0.1) is 5.41 Å². The molecule has 3 aliphatic rings. The molecule has 0 aliphatic carbocycles. The van der Waals surface area contributed by atoms with E-state index < -0.39 is 0 Å². The van der Waals surface area contributed by atoms with Crippen molar-refractivity contribution >= 4 is 51.4 Å². The number of aliphatic imine (C=N–C) groups is 2. The lowest BCUT2D eigenvalue weighted by atomic mass is 10.2. The Balaban J connectivity index is 1.30. The molecule has 4 aromatic rings. The summed E-state index contributed by atoms with van der Waals surface area (Å²) in [7, 11) is 0. The molecule has 2 saturated heterocycles. The van der Waals surface area contributed by atoms with Gasteiger partial charge in [-0.2, -0.15) is 0 Å². The van der Waals surface area contributed by atoms with Gasteiger partial charge >= 0.3 is 0 Å². The molecule has 0 atom stereocenters. The van der Waals surface area contributed by atoms with E-state index in [4.69, 9.17) is 40.8 Å². The summed E-state index contributed by atoms with van der Waals surface area (Å²) < 4.78 is 14.7. The number of morpholine rings is 2. The molecule has 0 radical (unpaired) electrons. The molecule has 0 unspecified atom stereocenters. The van der Waals surface area contributed by atoms with Crippen molar-refractivity contribution in [3.05, 3.63) is 60.6 Å². The van der Waals surface area contributed by atoms with E-state index in [0.717, 1.165) is 41.4 Å². The first-order valence-electron chi connectivity index (χ1n) is 13.3. The van der Waals surface area contributed by atoms with E-state index in [0.29, 0.717) is 62.6 Å². The molecule has 0 spiro atoms. The van der Waals surface area contributed by atoms with Gasteiger partial charge in [-0.3, -0.25) is 5.41 Å². The van der Waals surface area contributed by atoms with E-state index in [-0.39, 0.29) is 5.71 Å². The Kier molecular flexibility index (Phi) is 6.13. The number of nitrogens with one attached hydrogen (secondary N) is 2. The minimum absolute atomic E-state index is 0.160. The van der Waals surface area contributed by atoms with E-state index >= 15 is 0 Å². The van der Waals surface area contributed by atoms with Crippen LogP contribution >= 0.6 is 0 Å². The third-order valence-electron chi connectivity index (χ3n) is 7.13. The first-order chi connectivity index (χ1) is 19.7. The molecule has 13 heteroatoms. The highest BCUT2D eigenvalue weighted by atomic mass is 16.5. The lowest BCUT2D eigenvalue weighted by molar-refractivity contribution is 0.122. The van der Waals surface area contributed by atoms with Crippen LogP contribution in [0.3, 0.4) is 0 Å². The van der Waals surface area contributed by atoms with Crippen molar-refractivity contribution in [2.45, 2.75) is 0 Å². The standard InChI is InChI=1S/C27H29N11O2/c28-18-17-19(29)25(31-23-21-6-2-4-8-38(21)34-27(23)36-11-15-40-16-12-36)32-24(18)30-22-20-5-1-3-7-37(20)33-26(22)35-9-13-39-14-10-35/h1-8,17,28H,9-16,29H2,(H,30,31,32). The smallest absolute Gasteiger partial charge is 0.178 e. The number of ether oxygens (including phenoxy) is 2. The quantitative estimate of drug-likeness (QED) is 0.357. The highest BCUT2D eigenvalue weighted by Crippen LogP contribution is 2.34. The number of hydrogen-bond acceptors (Lipinski definition) is 10. The van der Waals surface area contributed by atoms with Crippen molar-refractivity contribution in [1.82, 2.24) is 19.2 Å². The molecule has 0 saturated carbocycles. The molecule has 7 heterocycles. The van der Waals surface area contributed by atoms with Gasteiger partial charge in [0.05, 0.1) is 48.9 Å². The number of anilines is 3. The molecule has 204 valence electrons. The maximum Gasteiger partial charge on any atom is 0.178 e. The molecule has 2 fully saturated rings. The zero-order valence-corrected chi connectivity index (χ0v) is 21.8. The number of hydrogen-bond donors (Lipinski definition) is 3. The third-order valence-corrected chi connectivity index (χ3v) is 7.13. The van der Waals surface area contributed by atoms with Crippen LogP contribution in [0.2, 0.25) is 0 Å². The van der Waals surface area contributed by atoms with E-state index in [1.54, 1.807) is 6.08 Å². The van der Waals surface area contributed by atoms with Gasteiger partial charge in [-0.05, 0) is 30.3 Å². The summed E-state index contributed by atoms with van der Waals surface area (Å²) in [5.74, 6) is 2.18. The van der Waals surface area contributed by atoms with Crippen LogP contribution in [0.4, 0.5) is 23.0 Å². The monoisotopic (exact) mass is 539 g/mol. The fourth-order valence-electron chi connectivity index (χ4n) is 5.10. The van der Waals surface area contributed by atoms with E-state index in [9.17, 15) is 0 Å². The van der Waals surface area contributed by atoms with Crippen LogP contribution in [-0.4, -0.2) is 89.2 Å². The highest BCUT2D eigenvalue weighted by molar-refractivity contribution is 6.52. The van der Waals surface area contributed by atoms with Gasteiger partial charge in [0, 0.05) is 38.6 Å². The normalized spacial score (nSPS) is 19.4.